The summed E-state index contributed by atoms with van der Waals surface area (Å²) in [5, 5.41) is 11.9. The number of fused-ring (bicyclic) bond motifs is 1. The highest BCUT2D eigenvalue weighted by atomic mass is 35.5. The molecule has 3 heteroatoms. The predicted octanol–water partition coefficient (Wildman–Crippen LogP) is 4.15. The van der Waals surface area contributed by atoms with E-state index >= 15 is 0 Å². The quantitative estimate of drug-likeness (QED) is 0.888. The zero-order chi connectivity index (χ0) is 14.4. The van der Waals surface area contributed by atoms with Gasteiger partial charge < -0.3 is 9.84 Å². The smallest absolute Gasteiger partial charge is 0.126 e. The Hall–Kier alpha value is -0.730. The first-order chi connectivity index (χ1) is 9.41. The molecule has 0 aromatic heterocycles. The highest BCUT2D eigenvalue weighted by Gasteiger charge is 2.45. The normalized spacial score (nSPS) is 28.0. The van der Waals surface area contributed by atoms with Crippen molar-refractivity contribution in [1.82, 2.24) is 0 Å². The second-order valence-electron chi connectivity index (χ2n) is 6.95. The van der Waals surface area contributed by atoms with Gasteiger partial charge in [-0.05, 0) is 41.5 Å². The van der Waals surface area contributed by atoms with Gasteiger partial charge in [0.25, 0.3) is 0 Å². The van der Waals surface area contributed by atoms with Crippen molar-refractivity contribution in [2.45, 2.75) is 58.0 Å². The molecule has 0 spiro atoms. The van der Waals surface area contributed by atoms with Gasteiger partial charge in [0.05, 0.1) is 12.2 Å². The molecule has 1 atom stereocenters. The van der Waals surface area contributed by atoms with Gasteiger partial charge in [0.1, 0.15) is 5.75 Å². The number of hydrogen-bond acceptors (Lipinski definition) is 2. The first-order valence-electron chi connectivity index (χ1n) is 7.58. The Morgan fingerprint density at radius 1 is 1.25 bits per heavy atom. The number of ether oxygens (including phenoxy) is 1. The van der Waals surface area contributed by atoms with Crippen LogP contribution in [0.25, 0.3) is 0 Å². The fourth-order valence-corrected chi connectivity index (χ4v) is 3.94. The molecule has 1 aromatic rings. The largest absolute Gasteiger partial charge is 0.493 e. The Bertz CT molecular complexity index is 524. The van der Waals surface area contributed by atoms with Gasteiger partial charge in [0.2, 0.25) is 0 Å². The van der Waals surface area contributed by atoms with E-state index in [2.05, 4.69) is 13.8 Å². The molecular formula is C17H23ClO2. The molecule has 110 valence electrons. The molecule has 1 aromatic carbocycles. The minimum atomic E-state index is -0.657. The molecule has 2 aliphatic rings. The third kappa shape index (κ3) is 2.33. The molecule has 1 saturated carbocycles. The van der Waals surface area contributed by atoms with Crippen LogP contribution in [-0.2, 0) is 12.8 Å². The Balaban J connectivity index is 1.95. The molecular weight excluding hydrogens is 272 g/mol. The van der Waals surface area contributed by atoms with Crippen LogP contribution in [0, 0.1) is 5.41 Å². The van der Waals surface area contributed by atoms with Gasteiger partial charge in [-0.25, -0.2) is 0 Å². The van der Waals surface area contributed by atoms with Crippen molar-refractivity contribution in [1.29, 1.82) is 0 Å². The lowest BCUT2D eigenvalue weighted by Gasteiger charge is -2.47. The minimum Gasteiger partial charge on any atom is -0.493 e. The lowest BCUT2D eigenvalue weighted by Crippen LogP contribution is -2.48. The van der Waals surface area contributed by atoms with Crippen LogP contribution in [0.2, 0.25) is 5.02 Å². The fourth-order valence-electron chi connectivity index (χ4n) is 3.68. The summed E-state index contributed by atoms with van der Waals surface area (Å²) >= 11 is 6.23. The van der Waals surface area contributed by atoms with E-state index in [0.29, 0.717) is 6.42 Å². The van der Waals surface area contributed by atoms with Crippen molar-refractivity contribution >= 4 is 11.6 Å². The highest BCUT2D eigenvalue weighted by Crippen LogP contribution is 2.47. The third-order valence-corrected chi connectivity index (χ3v) is 5.43. The van der Waals surface area contributed by atoms with Gasteiger partial charge in [-0.15, -0.1) is 0 Å². The second-order valence-corrected chi connectivity index (χ2v) is 7.39. The third-order valence-electron chi connectivity index (χ3n) is 5.21. The molecule has 1 heterocycles. The maximum Gasteiger partial charge on any atom is 0.126 e. The monoisotopic (exact) mass is 294 g/mol. The summed E-state index contributed by atoms with van der Waals surface area (Å²) in [4.78, 5) is 0. The van der Waals surface area contributed by atoms with Gasteiger partial charge in [0, 0.05) is 17.9 Å². The second kappa shape index (κ2) is 4.92. The summed E-state index contributed by atoms with van der Waals surface area (Å²) in [6.45, 7) is 5.08. The Morgan fingerprint density at radius 2 is 2.00 bits per heavy atom. The van der Waals surface area contributed by atoms with Crippen molar-refractivity contribution in [3.05, 3.63) is 28.3 Å². The maximum absolute atomic E-state index is 11.2. The van der Waals surface area contributed by atoms with E-state index in [-0.39, 0.29) is 5.41 Å². The molecule has 2 nitrogen and oxygen atoms in total. The lowest BCUT2D eigenvalue weighted by atomic mass is 9.63. The molecule has 0 radical (unpaired) electrons. The van der Waals surface area contributed by atoms with Crippen LogP contribution in [-0.4, -0.2) is 17.3 Å². The summed E-state index contributed by atoms with van der Waals surface area (Å²) in [5.74, 6) is 0.962. The average Bonchev–Trinajstić information content (AvgIpc) is 2.81. The van der Waals surface area contributed by atoms with E-state index in [9.17, 15) is 5.11 Å². The molecule has 0 bridgehead atoms. The Kier molecular flexibility index (Phi) is 3.50. The molecule has 1 aliphatic carbocycles. The first-order valence-corrected chi connectivity index (χ1v) is 7.96. The van der Waals surface area contributed by atoms with Gasteiger partial charge in [-0.2, -0.15) is 0 Å². The van der Waals surface area contributed by atoms with Crippen molar-refractivity contribution < 1.29 is 9.84 Å². The molecule has 1 unspecified atom stereocenters. The van der Waals surface area contributed by atoms with Crippen molar-refractivity contribution in [3.63, 3.8) is 0 Å². The predicted molar refractivity (Wildman–Crippen MR) is 81.6 cm³/mol. The summed E-state index contributed by atoms with van der Waals surface area (Å²) in [6.07, 6.45) is 5.81. The molecule has 0 saturated heterocycles. The van der Waals surface area contributed by atoms with Crippen molar-refractivity contribution in [2.75, 3.05) is 6.61 Å². The van der Waals surface area contributed by atoms with Crippen molar-refractivity contribution in [2.24, 2.45) is 5.41 Å². The molecule has 1 aliphatic heterocycles. The summed E-state index contributed by atoms with van der Waals surface area (Å²) < 4.78 is 5.77. The molecule has 1 N–H and O–H groups in total. The van der Waals surface area contributed by atoms with E-state index < -0.39 is 5.60 Å². The number of aliphatic hydroxyl groups is 1. The van der Waals surface area contributed by atoms with Gasteiger partial charge in [-0.1, -0.05) is 38.3 Å². The number of hydrogen-bond donors (Lipinski definition) is 1. The summed E-state index contributed by atoms with van der Waals surface area (Å²) in [7, 11) is 0. The minimum absolute atomic E-state index is 0.0565. The topological polar surface area (TPSA) is 29.5 Å². The van der Waals surface area contributed by atoms with E-state index in [1.165, 1.54) is 12.0 Å². The summed E-state index contributed by atoms with van der Waals surface area (Å²) in [6, 6.07) is 3.96. The van der Waals surface area contributed by atoms with E-state index in [4.69, 9.17) is 16.3 Å². The van der Waals surface area contributed by atoms with Crippen LogP contribution < -0.4 is 4.74 Å². The van der Waals surface area contributed by atoms with E-state index in [1.54, 1.807) is 0 Å². The zero-order valence-electron chi connectivity index (χ0n) is 12.3. The average molecular weight is 295 g/mol. The standard InChI is InChI=1S/C17H23ClO2/c1-16(2)6-3-4-7-17(16,19)11-13-10-14(18)9-12-5-8-20-15(12)13/h9-10,19H,3-8,11H2,1-2H3. The van der Waals surface area contributed by atoms with Crippen LogP contribution in [0.4, 0.5) is 0 Å². The van der Waals surface area contributed by atoms with Crippen LogP contribution in [0.3, 0.4) is 0 Å². The Labute approximate surface area is 126 Å². The molecule has 3 rings (SSSR count). The molecule has 20 heavy (non-hydrogen) atoms. The summed E-state index contributed by atoms with van der Waals surface area (Å²) in [5.41, 5.74) is 1.54. The SMILES string of the molecule is CC1(C)CCCCC1(O)Cc1cc(Cl)cc2c1OCC2. The maximum atomic E-state index is 11.2. The Morgan fingerprint density at radius 3 is 2.75 bits per heavy atom. The van der Waals surface area contributed by atoms with Gasteiger partial charge >= 0.3 is 0 Å². The highest BCUT2D eigenvalue weighted by molar-refractivity contribution is 6.30. The van der Waals surface area contributed by atoms with Crippen LogP contribution in [0.1, 0.15) is 50.7 Å². The number of rotatable bonds is 2. The van der Waals surface area contributed by atoms with Crippen LogP contribution in [0.5, 0.6) is 5.75 Å². The van der Waals surface area contributed by atoms with Gasteiger partial charge in [0.15, 0.2) is 0 Å². The number of benzene rings is 1. The van der Waals surface area contributed by atoms with E-state index in [1.807, 2.05) is 12.1 Å². The lowest BCUT2D eigenvalue weighted by molar-refractivity contribution is -0.0960. The van der Waals surface area contributed by atoms with E-state index in [0.717, 1.165) is 48.6 Å². The molecule has 1 fully saturated rings. The molecule has 0 amide bonds. The van der Waals surface area contributed by atoms with Gasteiger partial charge in [-0.3, -0.25) is 0 Å². The number of halogens is 1. The zero-order valence-corrected chi connectivity index (χ0v) is 13.1. The van der Waals surface area contributed by atoms with Crippen LogP contribution in [0.15, 0.2) is 12.1 Å². The fraction of sp³-hybridized carbons (Fsp3) is 0.647. The van der Waals surface area contributed by atoms with Crippen molar-refractivity contribution in [3.8, 4) is 5.75 Å². The van der Waals surface area contributed by atoms with Crippen LogP contribution >= 0.6 is 11.6 Å². The first kappa shape index (κ1) is 14.2.